The number of aromatic nitrogens is 3. The highest BCUT2D eigenvalue weighted by atomic mass is 35.5. The number of hydrogen-bond acceptors (Lipinski definition) is 4. The number of Topliss-reactive ketones (excluding diaryl/α,β-unsaturated/α-hetero) is 1. The second-order valence-electron chi connectivity index (χ2n) is 3.46. The van der Waals surface area contributed by atoms with Crippen molar-refractivity contribution in [3.05, 3.63) is 40.8 Å². The van der Waals surface area contributed by atoms with Gasteiger partial charge in [0, 0.05) is 13.1 Å². The first-order chi connectivity index (χ1) is 8.13. The van der Waals surface area contributed by atoms with Crippen molar-refractivity contribution in [3.8, 4) is 5.82 Å². The van der Waals surface area contributed by atoms with E-state index in [0.717, 1.165) is 0 Å². The molecule has 0 fully saturated rings. The van der Waals surface area contributed by atoms with E-state index in [2.05, 4.69) is 10.1 Å². The molecule has 0 saturated heterocycles. The average molecular weight is 252 g/mol. The standard InChI is InChI=1S/C11H10ClN3O2/c1-7(17)10-5-8(6-16)14-15(10)11-9(12)3-2-4-13-11/h2-5,16H,6H2,1H3. The van der Waals surface area contributed by atoms with Crippen molar-refractivity contribution in [2.45, 2.75) is 13.5 Å². The molecule has 17 heavy (non-hydrogen) atoms. The molecule has 6 heteroatoms. The predicted molar refractivity (Wildman–Crippen MR) is 62.3 cm³/mol. The van der Waals surface area contributed by atoms with Crippen LogP contribution in [0.25, 0.3) is 5.82 Å². The highest BCUT2D eigenvalue weighted by Crippen LogP contribution is 2.19. The van der Waals surface area contributed by atoms with Gasteiger partial charge in [-0.05, 0) is 18.2 Å². The van der Waals surface area contributed by atoms with E-state index in [1.54, 1.807) is 18.3 Å². The Hall–Kier alpha value is -1.72. The molecule has 88 valence electrons. The average Bonchev–Trinajstić information content (AvgIpc) is 2.73. The first kappa shape index (κ1) is 11.8. The number of carbonyl (C=O) groups is 1. The molecule has 0 unspecified atom stereocenters. The monoisotopic (exact) mass is 251 g/mol. The molecule has 5 nitrogen and oxygen atoms in total. The SMILES string of the molecule is CC(=O)c1cc(CO)nn1-c1ncccc1Cl. The lowest BCUT2D eigenvalue weighted by atomic mass is 10.3. The second-order valence-corrected chi connectivity index (χ2v) is 3.86. The van der Waals surface area contributed by atoms with E-state index < -0.39 is 0 Å². The minimum Gasteiger partial charge on any atom is -0.390 e. The van der Waals surface area contributed by atoms with Crippen LogP contribution in [0.1, 0.15) is 23.1 Å². The number of halogens is 1. The van der Waals surface area contributed by atoms with Crippen molar-refractivity contribution < 1.29 is 9.90 Å². The van der Waals surface area contributed by atoms with Crippen LogP contribution in [0, 0.1) is 0 Å². The van der Waals surface area contributed by atoms with Crippen molar-refractivity contribution in [2.24, 2.45) is 0 Å². The smallest absolute Gasteiger partial charge is 0.178 e. The van der Waals surface area contributed by atoms with Crippen LogP contribution in [-0.2, 0) is 6.61 Å². The summed E-state index contributed by atoms with van der Waals surface area (Å²) in [5.74, 6) is 0.206. The molecule has 0 spiro atoms. The molecule has 0 atom stereocenters. The molecule has 0 radical (unpaired) electrons. The van der Waals surface area contributed by atoms with E-state index in [0.29, 0.717) is 22.2 Å². The van der Waals surface area contributed by atoms with Crippen LogP contribution in [0.5, 0.6) is 0 Å². The Bertz CT molecular complexity index is 566. The predicted octanol–water partition coefficient (Wildman–Crippen LogP) is 1.62. The molecule has 0 saturated carbocycles. The Morgan fingerprint density at radius 3 is 2.94 bits per heavy atom. The topological polar surface area (TPSA) is 68.0 Å². The van der Waals surface area contributed by atoms with Gasteiger partial charge in [0.25, 0.3) is 0 Å². The lowest BCUT2D eigenvalue weighted by Gasteiger charge is -2.05. The van der Waals surface area contributed by atoms with Gasteiger partial charge >= 0.3 is 0 Å². The third-order valence-corrected chi connectivity index (χ3v) is 2.52. The fourth-order valence-corrected chi connectivity index (χ4v) is 1.65. The minimum atomic E-state index is -0.238. The number of aliphatic hydroxyl groups excluding tert-OH is 1. The summed E-state index contributed by atoms with van der Waals surface area (Å²) < 4.78 is 1.34. The normalized spacial score (nSPS) is 10.5. The van der Waals surface area contributed by atoms with Crippen molar-refractivity contribution in [3.63, 3.8) is 0 Å². The first-order valence-electron chi connectivity index (χ1n) is 4.95. The summed E-state index contributed by atoms with van der Waals surface area (Å²) in [5, 5.41) is 13.5. The maximum Gasteiger partial charge on any atom is 0.178 e. The van der Waals surface area contributed by atoms with Gasteiger partial charge in [0.05, 0.1) is 17.3 Å². The second kappa shape index (κ2) is 4.65. The van der Waals surface area contributed by atoms with Crippen LogP contribution in [-0.4, -0.2) is 25.7 Å². The molecule has 0 aliphatic heterocycles. The Labute approximate surface area is 103 Å². The van der Waals surface area contributed by atoms with Gasteiger partial charge in [-0.2, -0.15) is 5.10 Å². The fourth-order valence-electron chi connectivity index (χ4n) is 1.45. The number of pyridine rings is 1. The Kier molecular flexibility index (Phi) is 3.21. The van der Waals surface area contributed by atoms with Crippen molar-refractivity contribution in [1.29, 1.82) is 0 Å². The molecule has 2 rings (SSSR count). The van der Waals surface area contributed by atoms with E-state index in [9.17, 15) is 4.79 Å². The van der Waals surface area contributed by atoms with Crippen LogP contribution in [0.4, 0.5) is 0 Å². The highest BCUT2D eigenvalue weighted by molar-refractivity contribution is 6.32. The maximum atomic E-state index is 11.5. The van der Waals surface area contributed by atoms with Crippen LogP contribution in [0.2, 0.25) is 5.02 Å². The summed E-state index contributed by atoms with van der Waals surface area (Å²) in [6.07, 6.45) is 1.56. The van der Waals surface area contributed by atoms with Gasteiger partial charge in [0.1, 0.15) is 5.69 Å². The van der Waals surface area contributed by atoms with Gasteiger partial charge in [0.2, 0.25) is 0 Å². The van der Waals surface area contributed by atoms with E-state index in [-0.39, 0.29) is 12.4 Å². The van der Waals surface area contributed by atoms with Gasteiger partial charge in [0.15, 0.2) is 11.6 Å². The molecule has 0 aliphatic rings. The summed E-state index contributed by atoms with van der Waals surface area (Å²) in [7, 11) is 0. The summed E-state index contributed by atoms with van der Waals surface area (Å²) in [6, 6.07) is 4.87. The quantitative estimate of drug-likeness (QED) is 0.842. The van der Waals surface area contributed by atoms with Crippen LogP contribution in [0.3, 0.4) is 0 Å². The molecule has 0 bridgehead atoms. The molecular weight excluding hydrogens is 242 g/mol. The van der Waals surface area contributed by atoms with Crippen molar-refractivity contribution in [1.82, 2.24) is 14.8 Å². The Morgan fingerprint density at radius 1 is 1.59 bits per heavy atom. The van der Waals surface area contributed by atoms with Crippen molar-refractivity contribution in [2.75, 3.05) is 0 Å². The highest BCUT2D eigenvalue weighted by Gasteiger charge is 2.15. The van der Waals surface area contributed by atoms with Gasteiger partial charge in [-0.3, -0.25) is 4.79 Å². The number of carbonyl (C=O) groups excluding carboxylic acids is 1. The van der Waals surface area contributed by atoms with Gasteiger partial charge in [-0.25, -0.2) is 9.67 Å². The first-order valence-corrected chi connectivity index (χ1v) is 5.33. The largest absolute Gasteiger partial charge is 0.390 e. The zero-order valence-electron chi connectivity index (χ0n) is 9.09. The van der Waals surface area contributed by atoms with Crippen LogP contribution >= 0.6 is 11.6 Å². The van der Waals surface area contributed by atoms with Crippen LogP contribution in [0.15, 0.2) is 24.4 Å². The molecule has 2 aromatic heterocycles. The molecule has 2 aromatic rings. The number of aliphatic hydroxyl groups is 1. The third-order valence-electron chi connectivity index (χ3n) is 2.22. The Balaban J connectivity index is 2.62. The summed E-state index contributed by atoms with van der Waals surface area (Å²) in [6.45, 7) is 1.18. The lowest BCUT2D eigenvalue weighted by molar-refractivity contribution is 0.101. The zero-order valence-corrected chi connectivity index (χ0v) is 9.85. The molecule has 0 aliphatic carbocycles. The van der Waals surface area contributed by atoms with E-state index in [4.69, 9.17) is 16.7 Å². The third kappa shape index (κ3) is 2.20. The molecule has 1 N–H and O–H groups in total. The maximum absolute atomic E-state index is 11.5. The lowest BCUT2D eigenvalue weighted by Crippen LogP contribution is -2.08. The molecule has 0 amide bonds. The fraction of sp³-hybridized carbons (Fsp3) is 0.182. The minimum absolute atomic E-state index is 0.168. The van der Waals surface area contributed by atoms with Gasteiger partial charge in [-0.1, -0.05) is 11.6 Å². The van der Waals surface area contributed by atoms with Crippen molar-refractivity contribution >= 4 is 17.4 Å². The van der Waals surface area contributed by atoms with E-state index in [1.165, 1.54) is 17.7 Å². The zero-order chi connectivity index (χ0) is 12.4. The van der Waals surface area contributed by atoms with Crippen LogP contribution < -0.4 is 0 Å². The summed E-state index contributed by atoms with van der Waals surface area (Å²) >= 11 is 5.99. The molecular formula is C11H10ClN3O2. The number of hydrogen-bond donors (Lipinski definition) is 1. The van der Waals surface area contributed by atoms with Gasteiger partial charge < -0.3 is 5.11 Å². The number of nitrogens with zero attached hydrogens (tertiary/aromatic N) is 3. The molecule has 2 heterocycles. The molecule has 0 aromatic carbocycles. The summed E-state index contributed by atoms with van der Waals surface area (Å²) in [4.78, 5) is 15.5. The van der Waals surface area contributed by atoms with Gasteiger partial charge in [-0.15, -0.1) is 0 Å². The number of rotatable bonds is 3. The summed E-state index contributed by atoms with van der Waals surface area (Å²) in [5.41, 5.74) is 0.742. The number of ketones is 1. The van der Waals surface area contributed by atoms with E-state index >= 15 is 0 Å². The van der Waals surface area contributed by atoms with E-state index in [1.807, 2.05) is 0 Å². The Morgan fingerprint density at radius 2 is 2.35 bits per heavy atom.